The standard InChI is InChI=1S/C24H37N3O4/c1-23(2,3)31-22(30)27-19(15-18-11-7-5-8-12-18)21(29)26-17-24(16-20(28)25-4)13-9-6-10-14-24/h5,7-8,11-12,19H,6,9-10,13-17H2,1-4H3,(H,25,28)(H,26,29)(H,27,30)/t19-/m0/s1. The van der Waals surface area contributed by atoms with Crippen LogP contribution in [0.1, 0.15) is 64.9 Å². The summed E-state index contributed by atoms with van der Waals surface area (Å²) in [6, 6.07) is 8.79. The summed E-state index contributed by atoms with van der Waals surface area (Å²) in [6.45, 7) is 5.76. The fraction of sp³-hybridized carbons (Fsp3) is 0.625. The molecular weight excluding hydrogens is 394 g/mol. The Bertz CT molecular complexity index is 737. The average Bonchev–Trinajstić information content (AvgIpc) is 2.71. The SMILES string of the molecule is CNC(=O)CC1(CNC(=O)[C@H](Cc2ccccc2)NC(=O)OC(C)(C)C)CCCCC1. The normalized spacial score (nSPS) is 16.6. The van der Waals surface area contributed by atoms with Gasteiger partial charge in [-0.05, 0) is 44.6 Å². The van der Waals surface area contributed by atoms with Gasteiger partial charge in [-0.1, -0.05) is 49.6 Å². The molecule has 0 aliphatic heterocycles. The van der Waals surface area contributed by atoms with E-state index in [4.69, 9.17) is 4.74 Å². The first kappa shape index (κ1) is 24.7. The molecule has 3 N–H and O–H groups in total. The summed E-state index contributed by atoms with van der Waals surface area (Å²) in [5.41, 5.74) is 0.0471. The first-order chi connectivity index (χ1) is 14.6. The predicted molar refractivity (Wildman–Crippen MR) is 121 cm³/mol. The van der Waals surface area contributed by atoms with Crippen molar-refractivity contribution in [3.63, 3.8) is 0 Å². The van der Waals surface area contributed by atoms with Crippen LogP contribution in [0.15, 0.2) is 30.3 Å². The van der Waals surface area contributed by atoms with E-state index in [1.54, 1.807) is 27.8 Å². The summed E-state index contributed by atoms with van der Waals surface area (Å²) in [6.07, 6.45) is 5.20. The highest BCUT2D eigenvalue weighted by atomic mass is 16.6. The number of amides is 3. The Labute approximate surface area is 185 Å². The zero-order valence-corrected chi connectivity index (χ0v) is 19.3. The largest absolute Gasteiger partial charge is 0.444 e. The van der Waals surface area contributed by atoms with Gasteiger partial charge in [0.05, 0.1) is 0 Å². The molecule has 0 radical (unpaired) electrons. The van der Waals surface area contributed by atoms with Crippen molar-refractivity contribution in [2.75, 3.05) is 13.6 Å². The van der Waals surface area contributed by atoms with Crippen molar-refractivity contribution in [3.8, 4) is 0 Å². The van der Waals surface area contributed by atoms with Crippen molar-refractivity contribution < 1.29 is 19.1 Å². The van der Waals surface area contributed by atoms with Gasteiger partial charge in [0.1, 0.15) is 11.6 Å². The molecule has 3 amide bonds. The molecule has 1 aliphatic rings. The van der Waals surface area contributed by atoms with Crippen LogP contribution in [0.5, 0.6) is 0 Å². The minimum Gasteiger partial charge on any atom is -0.444 e. The van der Waals surface area contributed by atoms with Crippen LogP contribution in [0.25, 0.3) is 0 Å². The fourth-order valence-electron chi connectivity index (χ4n) is 4.05. The zero-order chi connectivity index (χ0) is 22.9. The lowest BCUT2D eigenvalue weighted by molar-refractivity contribution is -0.126. The van der Waals surface area contributed by atoms with Crippen molar-refractivity contribution in [2.24, 2.45) is 5.41 Å². The monoisotopic (exact) mass is 431 g/mol. The lowest BCUT2D eigenvalue weighted by Crippen LogP contribution is -2.52. The van der Waals surface area contributed by atoms with Crippen LogP contribution < -0.4 is 16.0 Å². The Morgan fingerprint density at radius 3 is 2.29 bits per heavy atom. The van der Waals surface area contributed by atoms with Crippen LogP contribution in [0.3, 0.4) is 0 Å². The molecule has 1 aliphatic carbocycles. The second-order valence-corrected chi connectivity index (χ2v) is 9.52. The molecule has 172 valence electrons. The number of benzene rings is 1. The molecule has 2 rings (SSSR count). The molecule has 7 nitrogen and oxygen atoms in total. The van der Waals surface area contributed by atoms with Crippen LogP contribution in [-0.4, -0.2) is 43.1 Å². The van der Waals surface area contributed by atoms with Crippen LogP contribution in [0.2, 0.25) is 0 Å². The van der Waals surface area contributed by atoms with Gasteiger partial charge in [-0.15, -0.1) is 0 Å². The topological polar surface area (TPSA) is 96.5 Å². The van der Waals surface area contributed by atoms with E-state index in [1.807, 2.05) is 30.3 Å². The van der Waals surface area contributed by atoms with Crippen molar-refractivity contribution in [1.29, 1.82) is 0 Å². The van der Waals surface area contributed by atoms with E-state index in [-0.39, 0.29) is 17.2 Å². The summed E-state index contributed by atoms with van der Waals surface area (Å²) in [4.78, 5) is 37.5. The fourth-order valence-corrected chi connectivity index (χ4v) is 4.05. The molecule has 7 heteroatoms. The number of alkyl carbamates (subject to hydrolysis) is 1. The maximum atomic E-state index is 13.1. The van der Waals surface area contributed by atoms with E-state index in [2.05, 4.69) is 16.0 Å². The highest BCUT2D eigenvalue weighted by Crippen LogP contribution is 2.38. The maximum absolute atomic E-state index is 13.1. The van der Waals surface area contributed by atoms with E-state index in [0.717, 1.165) is 37.7 Å². The van der Waals surface area contributed by atoms with E-state index < -0.39 is 17.7 Å². The first-order valence-electron chi connectivity index (χ1n) is 11.1. The Balaban J connectivity index is 2.09. The molecule has 1 atom stereocenters. The number of nitrogens with one attached hydrogen (secondary N) is 3. The van der Waals surface area contributed by atoms with Gasteiger partial charge in [0.25, 0.3) is 0 Å². The third kappa shape index (κ3) is 8.59. The molecular formula is C24H37N3O4. The Morgan fingerprint density at radius 1 is 1.06 bits per heavy atom. The van der Waals surface area contributed by atoms with Crippen LogP contribution >= 0.6 is 0 Å². The van der Waals surface area contributed by atoms with Crippen LogP contribution in [0.4, 0.5) is 4.79 Å². The van der Waals surface area contributed by atoms with Crippen molar-refractivity contribution >= 4 is 17.9 Å². The Hall–Kier alpha value is -2.57. The molecule has 0 aromatic heterocycles. The van der Waals surface area contributed by atoms with Gasteiger partial charge in [-0.2, -0.15) is 0 Å². The molecule has 1 saturated carbocycles. The van der Waals surface area contributed by atoms with Gasteiger partial charge < -0.3 is 20.7 Å². The number of carbonyl (C=O) groups excluding carboxylic acids is 3. The Morgan fingerprint density at radius 2 is 1.71 bits per heavy atom. The van der Waals surface area contributed by atoms with Gasteiger partial charge in [0.2, 0.25) is 11.8 Å². The number of hydrogen-bond donors (Lipinski definition) is 3. The van der Waals surface area contributed by atoms with E-state index in [0.29, 0.717) is 19.4 Å². The molecule has 1 aromatic rings. The van der Waals surface area contributed by atoms with Crippen molar-refractivity contribution in [2.45, 2.75) is 77.4 Å². The lowest BCUT2D eigenvalue weighted by atomic mass is 9.71. The number of rotatable bonds is 8. The third-order valence-electron chi connectivity index (χ3n) is 5.66. The molecule has 1 fully saturated rings. The average molecular weight is 432 g/mol. The van der Waals surface area contributed by atoms with Crippen LogP contribution in [-0.2, 0) is 20.7 Å². The lowest BCUT2D eigenvalue weighted by Gasteiger charge is -2.37. The summed E-state index contributed by atoms with van der Waals surface area (Å²) < 4.78 is 5.35. The highest BCUT2D eigenvalue weighted by molar-refractivity contribution is 5.86. The maximum Gasteiger partial charge on any atom is 0.408 e. The van der Waals surface area contributed by atoms with Gasteiger partial charge in [-0.3, -0.25) is 9.59 Å². The van der Waals surface area contributed by atoms with Gasteiger partial charge >= 0.3 is 6.09 Å². The summed E-state index contributed by atoms with van der Waals surface area (Å²) in [7, 11) is 1.64. The second-order valence-electron chi connectivity index (χ2n) is 9.52. The minimum atomic E-state index is -0.766. The molecule has 1 aromatic carbocycles. The van der Waals surface area contributed by atoms with E-state index in [1.165, 1.54) is 0 Å². The van der Waals surface area contributed by atoms with Crippen LogP contribution in [0, 0.1) is 5.41 Å². The van der Waals surface area contributed by atoms with Gasteiger partial charge in [0, 0.05) is 26.4 Å². The second kappa shape index (κ2) is 11.2. The molecule has 31 heavy (non-hydrogen) atoms. The summed E-state index contributed by atoms with van der Waals surface area (Å²) in [5, 5.41) is 8.45. The Kier molecular flexibility index (Phi) is 8.89. The van der Waals surface area contributed by atoms with E-state index >= 15 is 0 Å². The predicted octanol–water partition coefficient (Wildman–Crippen LogP) is 3.33. The smallest absolute Gasteiger partial charge is 0.408 e. The molecule has 0 unspecified atom stereocenters. The molecule has 0 heterocycles. The first-order valence-corrected chi connectivity index (χ1v) is 11.1. The van der Waals surface area contributed by atoms with Crippen molar-refractivity contribution in [3.05, 3.63) is 35.9 Å². The highest BCUT2D eigenvalue weighted by Gasteiger charge is 2.35. The molecule has 0 saturated heterocycles. The zero-order valence-electron chi connectivity index (χ0n) is 19.3. The quantitative estimate of drug-likeness (QED) is 0.588. The summed E-state index contributed by atoms with van der Waals surface area (Å²) >= 11 is 0. The number of carbonyl (C=O) groups is 3. The van der Waals surface area contributed by atoms with Gasteiger partial charge in [-0.25, -0.2) is 4.79 Å². The van der Waals surface area contributed by atoms with Gasteiger partial charge in [0.15, 0.2) is 0 Å². The summed E-state index contributed by atoms with van der Waals surface area (Å²) in [5.74, 6) is -0.277. The van der Waals surface area contributed by atoms with E-state index in [9.17, 15) is 14.4 Å². The molecule has 0 spiro atoms. The minimum absolute atomic E-state index is 0.0103. The van der Waals surface area contributed by atoms with Crippen molar-refractivity contribution in [1.82, 2.24) is 16.0 Å². The molecule has 0 bridgehead atoms. The third-order valence-corrected chi connectivity index (χ3v) is 5.66. The number of ether oxygens (including phenoxy) is 1. The number of hydrogen-bond acceptors (Lipinski definition) is 4.